The summed E-state index contributed by atoms with van der Waals surface area (Å²) >= 11 is 11.1. The largest absolute Gasteiger partial charge is 0.279 e. The second-order valence-electron chi connectivity index (χ2n) is 3.76. The van der Waals surface area contributed by atoms with E-state index in [0.29, 0.717) is 5.69 Å². The lowest BCUT2D eigenvalue weighted by atomic mass is 10.2. The molecule has 3 nitrogen and oxygen atoms in total. The Labute approximate surface area is 140 Å². The van der Waals surface area contributed by atoms with Crippen molar-refractivity contribution in [2.24, 2.45) is 0 Å². The Bertz CT molecular complexity index is 706. The number of benzene rings is 1. The average Bonchev–Trinajstić information content (AvgIpc) is 2.65. The molecule has 0 aliphatic rings. The first-order chi connectivity index (χ1) is 8.79. The van der Waals surface area contributed by atoms with Gasteiger partial charge in [-0.25, -0.2) is 8.42 Å². The lowest BCUT2D eigenvalue weighted by Crippen LogP contribution is -2.11. The third kappa shape index (κ3) is 3.60. The zero-order chi connectivity index (χ0) is 14.2. The van der Waals surface area contributed by atoms with Gasteiger partial charge in [0.05, 0.1) is 3.79 Å². The van der Waals surface area contributed by atoms with Crippen molar-refractivity contribution >= 4 is 74.8 Å². The summed E-state index contributed by atoms with van der Waals surface area (Å²) in [6, 6.07) is 6.89. The van der Waals surface area contributed by atoms with E-state index in [-0.39, 0.29) is 4.21 Å². The molecule has 1 aromatic heterocycles. The zero-order valence-corrected chi connectivity index (χ0v) is 16.0. The molecule has 1 aromatic carbocycles. The van der Waals surface area contributed by atoms with Crippen molar-refractivity contribution in [2.45, 2.75) is 11.1 Å². The van der Waals surface area contributed by atoms with Crippen LogP contribution in [0.5, 0.6) is 0 Å². The highest BCUT2D eigenvalue weighted by Crippen LogP contribution is 2.35. The van der Waals surface area contributed by atoms with E-state index in [1.807, 2.05) is 13.0 Å². The molecule has 1 N–H and O–H groups in total. The van der Waals surface area contributed by atoms with Crippen LogP contribution in [0.4, 0.5) is 5.69 Å². The number of anilines is 1. The van der Waals surface area contributed by atoms with E-state index in [2.05, 4.69) is 52.5 Å². The van der Waals surface area contributed by atoms with Gasteiger partial charge in [-0.2, -0.15) is 0 Å². The molecular weight excluding hydrogens is 482 g/mol. The molecule has 0 spiro atoms. The van der Waals surface area contributed by atoms with Crippen LogP contribution in [0.15, 0.2) is 41.2 Å². The Morgan fingerprint density at radius 3 is 2.32 bits per heavy atom. The summed E-state index contributed by atoms with van der Waals surface area (Å²) in [5, 5.41) is 0. The van der Waals surface area contributed by atoms with Crippen LogP contribution in [-0.2, 0) is 10.0 Å². The molecule has 0 aliphatic heterocycles. The summed E-state index contributed by atoms with van der Waals surface area (Å²) < 4.78 is 29.6. The fraction of sp³-hybridized carbons (Fsp3) is 0.0909. The van der Waals surface area contributed by atoms with Gasteiger partial charge in [0.25, 0.3) is 10.0 Å². The highest BCUT2D eigenvalue weighted by Gasteiger charge is 2.19. The van der Waals surface area contributed by atoms with Crippen LogP contribution in [0, 0.1) is 6.92 Å². The van der Waals surface area contributed by atoms with Crippen molar-refractivity contribution in [1.82, 2.24) is 0 Å². The standard InChI is InChI=1S/C11H8Br3NO2S2/c1-6-2-3-7(4-8(6)12)15-19(16,17)10-5-9(13)11(14)18-10/h2-5,15H,1H3. The first-order valence-electron chi connectivity index (χ1n) is 5.03. The Balaban J connectivity index is 2.33. The molecule has 2 rings (SSSR count). The van der Waals surface area contributed by atoms with Gasteiger partial charge in [-0.15, -0.1) is 11.3 Å². The molecule has 0 aliphatic carbocycles. The molecule has 0 atom stereocenters. The number of aryl methyl sites for hydroxylation is 1. The van der Waals surface area contributed by atoms with Gasteiger partial charge in [0.2, 0.25) is 0 Å². The van der Waals surface area contributed by atoms with Crippen molar-refractivity contribution in [3.63, 3.8) is 0 Å². The Hall–Kier alpha value is 0.110. The predicted molar refractivity (Wildman–Crippen MR) is 89.4 cm³/mol. The quantitative estimate of drug-likeness (QED) is 0.648. The van der Waals surface area contributed by atoms with E-state index in [9.17, 15) is 8.42 Å². The summed E-state index contributed by atoms with van der Waals surface area (Å²) in [6.45, 7) is 1.94. The number of thiophene rings is 1. The van der Waals surface area contributed by atoms with E-state index in [1.165, 1.54) is 0 Å². The number of sulfonamides is 1. The fourth-order valence-electron chi connectivity index (χ4n) is 1.32. The van der Waals surface area contributed by atoms with Crippen molar-refractivity contribution in [1.29, 1.82) is 0 Å². The lowest BCUT2D eigenvalue weighted by Gasteiger charge is -2.07. The van der Waals surface area contributed by atoms with Gasteiger partial charge >= 0.3 is 0 Å². The van der Waals surface area contributed by atoms with Gasteiger partial charge in [0.1, 0.15) is 4.21 Å². The van der Waals surface area contributed by atoms with Gasteiger partial charge in [0.15, 0.2) is 0 Å². The molecule has 19 heavy (non-hydrogen) atoms. The third-order valence-corrected chi connectivity index (χ3v) is 8.28. The maximum atomic E-state index is 12.2. The number of hydrogen-bond acceptors (Lipinski definition) is 3. The van der Waals surface area contributed by atoms with Crippen LogP contribution in [0.1, 0.15) is 5.56 Å². The molecule has 2 aromatic rings. The normalized spacial score (nSPS) is 11.6. The van der Waals surface area contributed by atoms with E-state index >= 15 is 0 Å². The Morgan fingerprint density at radius 1 is 1.11 bits per heavy atom. The second kappa shape index (κ2) is 5.85. The molecule has 0 radical (unpaired) electrons. The molecule has 8 heteroatoms. The number of halogens is 3. The first kappa shape index (κ1) is 15.5. The first-order valence-corrected chi connectivity index (χ1v) is 9.71. The van der Waals surface area contributed by atoms with Gasteiger partial charge in [-0.3, -0.25) is 4.72 Å². The fourth-order valence-corrected chi connectivity index (χ4v) is 5.57. The lowest BCUT2D eigenvalue weighted by molar-refractivity contribution is 0.603. The molecule has 0 unspecified atom stereocenters. The average molecular weight is 490 g/mol. The van der Waals surface area contributed by atoms with E-state index in [1.54, 1.807) is 18.2 Å². The molecule has 0 saturated heterocycles. The number of hydrogen-bond donors (Lipinski definition) is 1. The summed E-state index contributed by atoms with van der Waals surface area (Å²) in [6.07, 6.45) is 0. The molecule has 0 bridgehead atoms. The van der Waals surface area contributed by atoms with Crippen molar-refractivity contribution in [2.75, 3.05) is 4.72 Å². The molecule has 1 heterocycles. The van der Waals surface area contributed by atoms with Gasteiger partial charge in [-0.1, -0.05) is 22.0 Å². The summed E-state index contributed by atoms with van der Waals surface area (Å²) in [5.41, 5.74) is 1.57. The van der Waals surface area contributed by atoms with Crippen molar-refractivity contribution in [3.8, 4) is 0 Å². The minimum atomic E-state index is -3.56. The Kier molecular flexibility index (Phi) is 4.77. The highest BCUT2D eigenvalue weighted by atomic mass is 79.9. The highest BCUT2D eigenvalue weighted by molar-refractivity contribution is 9.13. The van der Waals surface area contributed by atoms with Crippen LogP contribution in [0.2, 0.25) is 0 Å². The van der Waals surface area contributed by atoms with Crippen LogP contribution in [0.3, 0.4) is 0 Å². The smallest absolute Gasteiger partial charge is 0.271 e. The van der Waals surface area contributed by atoms with E-state index in [0.717, 1.165) is 29.6 Å². The van der Waals surface area contributed by atoms with Gasteiger partial charge < -0.3 is 0 Å². The molecule has 0 fully saturated rings. The zero-order valence-electron chi connectivity index (χ0n) is 9.58. The van der Waals surface area contributed by atoms with Crippen LogP contribution >= 0.6 is 59.1 Å². The summed E-state index contributed by atoms with van der Waals surface area (Å²) in [4.78, 5) is 0. The van der Waals surface area contributed by atoms with Crippen LogP contribution < -0.4 is 4.72 Å². The molecular formula is C11H8Br3NO2S2. The molecule has 102 valence electrons. The maximum absolute atomic E-state index is 12.2. The van der Waals surface area contributed by atoms with Gasteiger partial charge in [0, 0.05) is 14.6 Å². The molecule has 0 amide bonds. The monoisotopic (exact) mass is 487 g/mol. The van der Waals surface area contributed by atoms with E-state index in [4.69, 9.17) is 0 Å². The minimum Gasteiger partial charge on any atom is -0.279 e. The maximum Gasteiger partial charge on any atom is 0.271 e. The van der Waals surface area contributed by atoms with Crippen LogP contribution in [0.25, 0.3) is 0 Å². The summed E-state index contributed by atoms with van der Waals surface area (Å²) in [7, 11) is -3.56. The second-order valence-corrected chi connectivity index (χ2v) is 9.74. The predicted octanol–water partition coefficient (Wildman–Crippen LogP) is 5.14. The van der Waals surface area contributed by atoms with E-state index < -0.39 is 10.0 Å². The SMILES string of the molecule is Cc1ccc(NS(=O)(=O)c2cc(Br)c(Br)s2)cc1Br. The topological polar surface area (TPSA) is 46.2 Å². The number of rotatable bonds is 3. The van der Waals surface area contributed by atoms with Crippen LogP contribution in [-0.4, -0.2) is 8.42 Å². The van der Waals surface area contributed by atoms with Crippen molar-refractivity contribution < 1.29 is 8.42 Å². The molecule has 0 saturated carbocycles. The minimum absolute atomic E-state index is 0.253. The van der Waals surface area contributed by atoms with Crippen molar-refractivity contribution in [3.05, 3.63) is 42.6 Å². The van der Waals surface area contributed by atoms with Gasteiger partial charge in [-0.05, 0) is 62.5 Å². The number of nitrogens with one attached hydrogen (secondary N) is 1. The summed E-state index contributed by atoms with van der Waals surface area (Å²) in [5.74, 6) is 0. The Morgan fingerprint density at radius 2 is 1.79 bits per heavy atom. The third-order valence-electron chi connectivity index (χ3n) is 2.31.